The molecule has 0 fully saturated rings. The van der Waals surface area contributed by atoms with Gasteiger partial charge in [0.15, 0.2) is 0 Å². The van der Waals surface area contributed by atoms with Crippen molar-refractivity contribution >= 4 is 22.7 Å². The van der Waals surface area contributed by atoms with Crippen molar-refractivity contribution in [3.63, 3.8) is 0 Å². The Morgan fingerprint density at radius 2 is 2.38 bits per heavy atom. The van der Waals surface area contributed by atoms with Crippen LogP contribution in [0.3, 0.4) is 0 Å². The Morgan fingerprint density at radius 3 is 3.12 bits per heavy atom. The molecule has 0 aliphatic heterocycles. The van der Waals surface area contributed by atoms with Crippen LogP contribution in [0.25, 0.3) is 10.6 Å². The third-order valence-electron chi connectivity index (χ3n) is 2.02. The van der Waals surface area contributed by atoms with Crippen molar-refractivity contribution in [2.24, 2.45) is 0 Å². The summed E-state index contributed by atoms with van der Waals surface area (Å²) < 4.78 is 0. The summed E-state index contributed by atoms with van der Waals surface area (Å²) in [6, 6.07) is 2.10. The topological polar surface area (TPSA) is 24.9 Å². The predicted octanol–water partition coefficient (Wildman–Crippen LogP) is 2.98. The van der Waals surface area contributed by atoms with Crippen molar-refractivity contribution in [2.45, 2.75) is 13.5 Å². The quantitative estimate of drug-likeness (QED) is 0.664. The second-order valence-electron chi connectivity index (χ2n) is 3.19. The molecule has 2 rings (SSSR count). The van der Waals surface area contributed by atoms with Crippen molar-refractivity contribution in [3.8, 4) is 22.4 Å². The van der Waals surface area contributed by atoms with Crippen LogP contribution < -0.4 is 5.32 Å². The van der Waals surface area contributed by atoms with E-state index in [0.717, 1.165) is 23.8 Å². The number of thiophene rings is 1. The first kappa shape index (κ1) is 11.3. The summed E-state index contributed by atoms with van der Waals surface area (Å²) in [5, 5.41) is 10.6. The van der Waals surface area contributed by atoms with Crippen LogP contribution in [0.1, 0.15) is 12.6 Å². The molecule has 0 aliphatic rings. The highest BCUT2D eigenvalue weighted by atomic mass is 32.1. The van der Waals surface area contributed by atoms with Gasteiger partial charge >= 0.3 is 0 Å². The summed E-state index contributed by atoms with van der Waals surface area (Å²) in [4.78, 5) is 4.56. The maximum atomic E-state index is 4.56. The van der Waals surface area contributed by atoms with Crippen molar-refractivity contribution in [2.75, 3.05) is 6.54 Å². The Kier molecular flexibility index (Phi) is 4.11. The molecule has 0 bridgehead atoms. The number of hydrogen-bond acceptors (Lipinski definition) is 4. The Balaban J connectivity index is 1.94. The zero-order valence-electron chi connectivity index (χ0n) is 8.99. The van der Waals surface area contributed by atoms with Gasteiger partial charge in [-0.05, 0) is 18.4 Å². The smallest absolute Gasteiger partial charge is 0.124 e. The van der Waals surface area contributed by atoms with Gasteiger partial charge in [-0.1, -0.05) is 5.92 Å². The van der Waals surface area contributed by atoms with Crippen LogP contribution in [0, 0.1) is 11.8 Å². The molecule has 0 radical (unpaired) electrons. The molecule has 2 nitrogen and oxygen atoms in total. The average Bonchev–Trinajstić information content (AvgIpc) is 2.94. The summed E-state index contributed by atoms with van der Waals surface area (Å²) in [5.41, 5.74) is 2.30. The minimum Gasteiger partial charge on any atom is -0.301 e. The minimum absolute atomic E-state index is 0.724. The SMILES string of the molecule is CC#CCNCc1csc(-c2ccsc2)n1. The fourth-order valence-electron chi connectivity index (χ4n) is 1.25. The van der Waals surface area contributed by atoms with Gasteiger partial charge < -0.3 is 5.32 Å². The Bertz CT molecular complexity index is 489. The van der Waals surface area contributed by atoms with Crippen LogP contribution in [-0.4, -0.2) is 11.5 Å². The molecule has 0 atom stereocenters. The number of thiazole rings is 1. The lowest BCUT2D eigenvalue weighted by Gasteiger charge is -1.95. The molecule has 0 saturated carbocycles. The Morgan fingerprint density at radius 1 is 1.44 bits per heavy atom. The van der Waals surface area contributed by atoms with Gasteiger partial charge in [0, 0.05) is 22.9 Å². The molecule has 0 aromatic carbocycles. The van der Waals surface area contributed by atoms with E-state index in [0.29, 0.717) is 0 Å². The van der Waals surface area contributed by atoms with E-state index in [4.69, 9.17) is 0 Å². The molecule has 0 unspecified atom stereocenters. The molecular weight excluding hydrogens is 236 g/mol. The molecular formula is C12H12N2S2. The van der Waals surface area contributed by atoms with Crippen molar-refractivity contribution in [3.05, 3.63) is 27.9 Å². The molecule has 4 heteroatoms. The normalized spacial score (nSPS) is 9.81. The number of aromatic nitrogens is 1. The van der Waals surface area contributed by atoms with E-state index in [9.17, 15) is 0 Å². The van der Waals surface area contributed by atoms with E-state index >= 15 is 0 Å². The van der Waals surface area contributed by atoms with E-state index in [-0.39, 0.29) is 0 Å². The fourth-order valence-corrected chi connectivity index (χ4v) is 2.78. The molecule has 0 aliphatic carbocycles. The molecule has 2 aromatic rings. The summed E-state index contributed by atoms with van der Waals surface area (Å²) in [5.74, 6) is 5.82. The molecule has 0 spiro atoms. The Hall–Kier alpha value is -1.15. The zero-order chi connectivity index (χ0) is 11.2. The van der Waals surface area contributed by atoms with Crippen molar-refractivity contribution in [1.29, 1.82) is 0 Å². The number of nitrogens with zero attached hydrogens (tertiary/aromatic N) is 1. The summed E-state index contributed by atoms with van der Waals surface area (Å²) in [6.07, 6.45) is 0. The van der Waals surface area contributed by atoms with Gasteiger partial charge in [0.05, 0.1) is 12.2 Å². The van der Waals surface area contributed by atoms with Crippen LogP contribution >= 0.6 is 22.7 Å². The van der Waals surface area contributed by atoms with Crippen LogP contribution in [-0.2, 0) is 6.54 Å². The number of hydrogen-bond donors (Lipinski definition) is 1. The van der Waals surface area contributed by atoms with E-state index < -0.39 is 0 Å². The third kappa shape index (κ3) is 2.92. The first-order valence-electron chi connectivity index (χ1n) is 4.97. The molecule has 1 N–H and O–H groups in total. The molecule has 16 heavy (non-hydrogen) atoms. The maximum absolute atomic E-state index is 4.56. The molecule has 2 heterocycles. The second kappa shape index (κ2) is 5.80. The Labute approximate surface area is 103 Å². The highest BCUT2D eigenvalue weighted by Crippen LogP contribution is 2.25. The highest BCUT2D eigenvalue weighted by molar-refractivity contribution is 7.14. The van der Waals surface area contributed by atoms with Gasteiger partial charge in [-0.15, -0.1) is 17.3 Å². The first-order chi connectivity index (χ1) is 7.90. The standard InChI is InChI=1S/C12H12N2S2/c1-2-3-5-13-7-11-9-16-12(14-11)10-4-6-15-8-10/h4,6,8-9,13H,5,7H2,1H3. The van der Waals surface area contributed by atoms with Crippen molar-refractivity contribution < 1.29 is 0 Å². The van der Waals surface area contributed by atoms with Gasteiger partial charge in [0.25, 0.3) is 0 Å². The lowest BCUT2D eigenvalue weighted by Crippen LogP contribution is -2.13. The molecule has 0 amide bonds. The zero-order valence-corrected chi connectivity index (χ0v) is 10.6. The maximum Gasteiger partial charge on any atom is 0.124 e. The predicted molar refractivity (Wildman–Crippen MR) is 70.6 cm³/mol. The van der Waals surface area contributed by atoms with E-state index in [1.165, 1.54) is 5.56 Å². The van der Waals surface area contributed by atoms with E-state index in [2.05, 4.69) is 44.3 Å². The van der Waals surface area contributed by atoms with Crippen LogP contribution in [0.2, 0.25) is 0 Å². The minimum atomic E-state index is 0.724. The van der Waals surface area contributed by atoms with Crippen LogP contribution in [0.5, 0.6) is 0 Å². The van der Waals surface area contributed by atoms with Gasteiger partial charge in [0.1, 0.15) is 5.01 Å². The van der Waals surface area contributed by atoms with Gasteiger partial charge in [-0.3, -0.25) is 0 Å². The first-order valence-corrected chi connectivity index (χ1v) is 6.79. The average molecular weight is 248 g/mol. The highest BCUT2D eigenvalue weighted by Gasteiger charge is 2.03. The van der Waals surface area contributed by atoms with Crippen LogP contribution in [0.15, 0.2) is 22.2 Å². The van der Waals surface area contributed by atoms with Crippen LogP contribution in [0.4, 0.5) is 0 Å². The molecule has 0 saturated heterocycles. The summed E-state index contributed by atoms with van der Waals surface area (Å²) in [7, 11) is 0. The van der Waals surface area contributed by atoms with Gasteiger partial charge in [-0.25, -0.2) is 4.98 Å². The third-order valence-corrected chi connectivity index (χ3v) is 3.64. The van der Waals surface area contributed by atoms with E-state index in [1.807, 2.05) is 6.92 Å². The lowest BCUT2D eigenvalue weighted by molar-refractivity contribution is 0.754. The second-order valence-corrected chi connectivity index (χ2v) is 4.82. The van der Waals surface area contributed by atoms with E-state index in [1.54, 1.807) is 22.7 Å². The number of nitrogens with one attached hydrogen (secondary N) is 1. The lowest BCUT2D eigenvalue weighted by atomic mass is 10.3. The fraction of sp³-hybridized carbons (Fsp3) is 0.250. The summed E-state index contributed by atoms with van der Waals surface area (Å²) in [6.45, 7) is 3.36. The number of rotatable bonds is 4. The molecule has 2 aromatic heterocycles. The van der Waals surface area contributed by atoms with Crippen molar-refractivity contribution in [1.82, 2.24) is 10.3 Å². The molecule has 82 valence electrons. The van der Waals surface area contributed by atoms with Gasteiger partial charge in [0.2, 0.25) is 0 Å². The summed E-state index contributed by atoms with van der Waals surface area (Å²) >= 11 is 3.39. The monoisotopic (exact) mass is 248 g/mol. The largest absolute Gasteiger partial charge is 0.301 e. The van der Waals surface area contributed by atoms with Gasteiger partial charge in [-0.2, -0.15) is 11.3 Å².